The Balaban J connectivity index is 1.58. The second-order valence-corrected chi connectivity index (χ2v) is 10.1. The second-order valence-electron chi connectivity index (χ2n) is 8.10. The van der Waals surface area contributed by atoms with Crippen LogP contribution in [0.2, 0.25) is 0 Å². The van der Waals surface area contributed by atoms with Gasteiger partial charge in [0.2, 0.25) is 10.0 Å². The largest absolute Gasteiger partial charge is 0.316 e. The van der Waals surface area contributed by atoms with Gasteiger partial charge in [0.15, 0.2) is 0 Å². The van der Waals surface area contributed by atoms with Gasteiger partial charge in [0.05, 0.1) is 5.25 Å². The lowest BCUT2D eigenvalue weighted by molar-refractivity contribution is 0.468. The molecule has 0 aliphatic heterocycles. The Morgan fingerprint density at radius 3 is 2.59 bits per heavy atom. The minimum atomic E-state index is -3.41. The highest BCUT2D eigenvalue weighted by Crippen LogP contribution is 2.37. The lowest BCUT2D eigenvalue weighted by atomic mass is 9.90. The van der Waals surface area contributed by atoms with Crippen molar-refractivity contribution >= 4 is 10.0 Å². The molecule has 156 valence electrons. The predicted molar refractivity (Wildman–Crippen MR) is 109 cm³/mol. The van der Waals surface area contributed by atoms with Crippen molar-refractivity contribution in [2.75, 3.05) is 7.05 Å². The highest BCUT2D eigenvalue weighted by atomic mass is 32.2. The van der Waals surface area contributed by atoms with E-state index in [-0.39, 0.29) is 35.4 Å². The Kier molecular flexibility index (Phi) is 5.73. The first-order chi connectivity index (χ1) is 13.9. The first-order valence-corrected chi connectivity index (χ1v) is 11.6. The highest BCUT2D eigenvalue weighted by Gasteiger charge is 2.34. The SMILES string of the molecule is CNC1Cc2cc(F)c(CNS(=O)(=O)C3CCC3)cc2C1Cc1cccc(F)c1. The van der Waals surface area contributed by atoms with Crippen molar-refractivity contribution in [2.45, 2.75) is 55.9 Å². The minimum Gasteiger partial charge on any atom is -0.316 e. The average molecular weight is 421 g/mol. The number of benzene rings is 2. The van der Waals surface area contributed by atoms with Gasteiger partial charge in [-0.2, -0.15) is 0 Å². The average Bonchev–Trinajstić information content (AvgIpc) is 2.94. The first-order valence-electron chi connectivity index (χ1n) is 10.1. The van der Waals surface area contributed by atoms with Gasteiger partial charge in [0, 0.05) is 24.1 Å². The van der Waals surface area contributed by atoms with Crippen LogP contribution in [0.1, 0.15) is 47.4 Å². The van der Waals surface area contributed by atoms with Gasteiger partial charge >= 0.3 is 0 Å². The van der Waals surface area contributed by atoms with Crippen molar-refractivity contribution in [1.82, 2.24) is 10.0 Å². The third-order valence-electron chi connectivity index (χ3n) is 6.30. The van der Waals surface area contributed by atoms with Gasteiger partial charge < -0.3 is 5.32 Å². The van der Waals surface area contributed by atoms with Crippen molar-refractivity contribution in [3.05, 3.63) is 70.3 Å². The van der Waals surface area contributed by atoms with Crippen LogP contribution in [0.3, 0.4) is 0 Å². The predicted octanol–water partition coefficient (Wildman–Crippen LogP) is 3.41. The fraction of sp³-hybridized carbons (Fsp3) is 0.455. The van der Waals surface area contributed by atoms with E-state index in [1.54, 1.807) is 12.1 Å². The molecule has 0 radical (unpaired) electrons. The summed E-state index contributed by atoms with van der Waals surface area (Å²) in [7, 11) is -1.53. The number of rotatable bonds is 7. The van der Waals surface area contributed by atoms with Gasteiger partial charge in [-0.05, 0) is 67.6 Å². The van der Waals surface area contributed by atoms with Crippen LogP contribution < -0.4 is 10.0 Å². The number of fused-ring (bicyclic) bond motifs is 1. The van der Waals surface area contributed by atoms with E-state index in [4.69, 9.17) is 0 Å². The second kappa shape index (κ2) is 8.13. The van der Waals surface area contributed by atoms with Crippen LogP contribution >= 0.6 is 0 Å². The quantitative estimate of drug-likeness (QED) is 0.722. The fourth-order valence-corrected chi connectivity index (χ4v) is 5.93. The molecular weight excluding hydrogens is 394 g/mol. The minimum absolute atomic E-state index is 0.0468. The molecule has 2 aromatic carbocycles. The van der Waals surface area contributed by atoms with E-state index in [0.29, 0.717) is 31.2 Å². The van der Waals surface area contributed by atoms with Crippen molar-refractivity contribution in [3.63, 3.8) is 0 Å². The van der Waals surface area contributed by atoms with Crippen LogP contribution in [-0.4, -0.2) is 26.8 Å². The Labute approximate surface area is 170 Å². The van der Waals surface area contributed by atoms with E-state index in [1.165, 1.54) is 18.2 Å². The molecule has 2 aliphatic carbocycles. The van der Waals surface area contributed by atoms with Gasteiger partial charge in [-0.3, -0.25) is 0 Å². The number of halogens is 2. The molecule has 2 aromatic rings. The number of hydrogen-bond donors (Lipinski definition) is 2. The highest BCUT2D eigenvalue weighted by molar-refractivity contribution is 7.90. The Bertz CT molecular complexity index is 1010. The van der Waals surface area contributed by atoms with E-state index >= 15 is 0 Å². The molecule has 0 amide bonds. The summed E-state index contributed by atoms with van der Waals surface area (Å²) in [5.74, 6) is -0.590. The summed E-state index contributed by atoms with van der Waals surface area (Å²) in [6, 6.07) is 9.97. The number of sulfonamides is 1. The van der Waals surface area contributed by atoms with Crippen molar-refractivity contribution in [3.8, 4) is 0 Å². The van der Waals surface area contributed by atoms with Gasteiger partial charge in [-0.1, -0.05) is 24.6 Å². The van der Waals surface area contributed by atoms with Crippen molar-refractivity contribution in [1.29, 1.82) is 0 Å². The number of hydrogen-bond acceptors (Lipinski definition) is 3. The Morgan fingerprint density at radius 1 is 1.14 bits per heavy atom. The van der Waals surface area contributed by atoms with Crippen LogP contribution in [0.15, 0.2) is 36.4 Å². The van der Waals surface area contributed by atoms with Crippen molar-refractivity contribution in [2.24, 2.45) is 0 Å². The number of likely N-dealkylation sites (N-methyl/N-ethyl adjacent to an activating group) is 1. The maximum atomic E-state index is 14.7. The molecular formula is C22H26F2N2O2S. The van der Waals surface area contributed by atoms with Crippen LogP contribution in [0, 0.1) is 11.6 Å². The molecule has 4 nitrogen and oxygen atoms in total. The van der Waals surface area contributed by atoms with Gasteiger partial charge in [-0.25, -0.2) is 21.9 Å². The summed E-state index contributed by atoms with van der Waals surface area (Å²) in [5.41, 5.74) is 3.18. The normalized spacial score (nSPS) is 21.8. The molecule has 0 heterocycles. The first kappa shape index (κ1) is 20.4. The van der Waals surface area contributed by atoms with E-state index in [2.05, 4.69) is 10.0 Å². The molecule has 4 rings (SSSR count). The van der Waals surface area contributed by atoms with Gasteiger partial charge in [-0.15, -0.1) is 0 Å². The van der Waals surface area contributed by atoms with E-state index in [1.807, 2.05) is 13.1 Å². The summed E-state index contributed by atoms with van der Waals surface area (Å²) in [5, 5.41) is 2.94. The zero-order valence-electron chi connectivity index (χ0n) is 16.4. The lowest BCUT2D eigenvalue weighted by Crippen LogP contribution is -2.38. The summed E-state index contributed by atoms with van der Waals surface area (Å²) >= 11 is 0. The zero-order chi connectivity index (χ0) is 20.6. The molecule has 0 saturated heterocycles. The maximum Gasteiger partial charge on any atom is 0.214 e. The zero-order valence-corrected chi connectivity index (χ0v) is 17.2. The van der Waals surface area contributed by atoms with Gasteiger partial charge in [0.25, 0.3) is 0 Å². The topological polar surface area (TPSA) is 58.2 Å². The standard InChI is InChI=1S/C22H26F2N2O2S/c1-25-22-12-15-11-21(24)16(13-26-29(27,28)18-6-3-7-18)10-19(15)20(22)9-14-4-2-5-17(23)8-14/h2,4-5,8,10-11,18,20,22,25-26H,3,6-7,9,12-13H2,1H3. The summed E-state index contributed by atoms with van der Waals surface area (Å²) in [6.07, 6.45) is 3.58. The van der Waals surface area contributed by atoms with Crippen molar-refractivity contribution < 1.29 is 17.2 Å². The van der Waals surface area contributed by atoms with Gasteiger partial charge in [0.1, 0.15) is 11.6 Å². The summed E-state index contributed by atoms with van der Waals surface area (Å²) in [6.45, 7) is -0.0468. The van der Waals surface area contributed by atoms with Crippen LogP contribution in [0.25, 0.3) is 0 Å². The van der Waals surface area contributed by atoms with Crippen LogP contribution in [0.5, 0.6) is 0 Å². The molecule has 2 unspecified atom stereocenters. The molecule has 0 aromatic heterocycles. The third kappa shape index (κ3) is 4.22. The third-order valence-corrected chi connectivity index (χ3v) is 8.20. The Morgan fingerprint density at radius 2 is 1.93 bits per heavy atom. The molecule has 1 fully saturated rings. The smallest absolute Gasteiger partial charge is 0.214 e. The molecule has 0 spiro atoms. The van der Waals surface area contributed by atoms with E-state index in [9.17, 15) is 17.2 Å². The molecule has 0 bridgehead atoms. The van der Waals surface area contributed by atoms with Crippen LogP contribution in [0.4, 0.5) is 8.78 Å². The fourth-order valence-electron chi connectivity index (χ4n) is 4.38. The summed E-state index contributed by atoms with van der Waals surface area (Å²) in [4.78, 5) is 0. The number of nitrogens with one attached hydrogen (secondary N) is 2. The van der Waals surface area contributed by atoms with E-state index < -0.39 is 10.0 Å². The lowest BCUT2D eigenvalue weighted by Gasteiger charge is -2.25. The van der Waals surface area contributed by atoms with Crippen LogP contribution in [-0.2, 0) is 29.4 Å². The molecule has 2 atom stereocenters. The molecule has 2 N–H and O–H groups in total. The monoisotopic (exact) mass is 420 g/mol. The molecule has 29 heavy (non-hydrogen) atoms. The Hall–Kier alpha value is -1.83. The molecule has 1 saturated carbocycles. The molecule has 2 aliphatic rings. The maximum absolute atomic E-state index is 14.7. The summed E-state index contributed by atoms with van der Waals surface area (Å²) < 4.78 is 55.4. The van der Waals surface area contributed by atoms with E-state index in [0.717, 1.165) is 23.1 Å². The molecule has 7 heteroatoms.